The van der Waals surface area contributed by atoms with E-state index in [1.165, 1.54) is 19.0 Å². The fourth-order valence-electron chi connectivity index (χ4n) is 5.60. The van der Waals surface area contributed by atoms with Crippen LogP contribution in [-0.4, -0.2) is 82.3 Å². The predicted molar refractivity (Wildman–Crippen MR) is 119 cm³/mol. The first-order valence-electron chi connectivity index (χ1n) is 11.5. The number of piperazine rings is 1. The largest absolute Gasteiger partial charge is 0.450 e. The Morgan fingerprint density at radius 2 is 2.03 bits per heavy atom. The van der Waals surface area contributed by atoms with Gasteiger partial charge in [0.1, 0.15) is 12.1 Å². The van der Waals surface area contributed by atoms with Gasteiger partial charge in [-0.25, -0.2) is 19.2 Å². The molecule has 32 heavy (non-hydrogen) atoms. The molecule has 3 fully saturated rings. The van der Waals surface area contributed by atoms with Crippen molar-refractivity contribution in [3.63, 3.8) is 0 Å². The van der Waals surface area contributed by atoms with E-state index in [0.29, 0.717) is 18.5 Å². The van der Waals surface area contributed by atoms with Gasteiger partial charge in [-0.3, -0.25) is 9.47 Å². The zero-order valence-corrected chi connectivity index (χ0v) is 18.8. The molecular formula is C23H31FN6O2. The molecular weight excluding hydrogens is 411 g/mol. The lowest BCUT2D eigenvalue weighted by Gasteiger charge is -2.48. The highest BCUT2D eigenvalue weighted by Gasteiger charge is 2.51. The Bertz CT molecular complexity index is 981. The van der Waals surface area contributed by atoms with Gasteiger partial charge in [-0.2, -0.15) is 0 Å². The number of likely N-dealkylation sites (tertiary alicyclic amines) is 1. The highest BCUT2D eigenvalue weighted by atomic mass is 19.1. The fraction of sp³-hybridized carbons (Fsp3) is 0.609. The summed E-state index contributed by atoms with van der Waals surface area (Å²) in [5.41, 5.74) is 1.99. The number of aromatic nitrogens is 3. The van der Waals surface area contributed by atoms with Gasteiger partial charge in [-0.15, -0.1) is 0 Å². The molecule has 5 rings (SSSR count). The molecule has 0 N–H and O–H groups in total. The minimum atomic E-state index is -0.322. The Morgan fingerprint density at radius 1 is 1.25 bits per heavy atom. The lowest BCUT2D eigenvalue weighted by molar-refractivity contribution is -0.00294. The summed E-state index contributed by atoms with van der Waals surface area (Å²) in [5, 5.41) is 0. The second-order valence-corrected chi connectivity index (χ2v) is 9.39. The number of imidazole rings is 1. The molecule has 2 aromatic heterocycles. The number of ether oxygens (including phenoxy) is 1. The number of halogens is 1. The van der Waals surface area contributed by atoms with E-state index in [4.69, 9.17) is 4.74 Å². The standard InChI is InChI=1S/C23H31FN6O2/c1-3-32-22(31)30-14-23(15-30)5-4-19(11-23)27-6-8-28(9-7-27)20-10-18(24)12-25-21(20)29-13-17(2)26-16-29/h10,12-13,16,19H,3-9,11,14-15H2,1-2H3/t19-/m1/s1. The maximum atomic E-state index is 14.1. The zero-order chi connectivity index (χ0) is 22.3. The van der Waals surface area contributed by atoms with Crippen LogP contribution in [0, 0.1) is 18.2 Å². The molecule has 2 saturated heterocycles. The van der Waals surface area contributed by atoms with E-state index < -0.39 is 0 Å². The van der Waals surface area contributed by atoms with E-state index in [9.17, 15) is 9.18 Å². The Labute approximate surface area is 188 Å². The van der Waals surface area contributed by atoms with E-state index in [0.717, 1.165) is 57.1 Å². The first-order valence-corrected chi connectivity index (χ1v) is 11.5. The lowest BCUT2D eigenvalue weighted by atomic mass is 9.78. The average Bonchev–Trinajstić information content (AvgIpc) is 3.40. The molecule has 2 aromatic rings. The summed E-state index contributed by atoms with van der Waals surface area (Å²) in [6, 6.07) is 2.14. The quantitative estimate of drug-likeness (QED) is 0.726. The van der Waals surface area contributed by atoms with Crippen LogP contribution in [0.4, 0.5) is 14.9 Å². The smallest absolute Gasteiger partial charge is 0.409 e. The summed E-state index contributed by atoms with van der Waals surface area (Å²) in [6.07, 6.45) is 8.22. The van der Waals surface area contributed by atoms with E-state index in [2.05, 4.69) is 19.8 Å². The Kier molecular flexibility index (Phi) is 5.53. The van der Waals surface area contributed by atoms with Gasteiger partial charge >= 0.3 is 6.09 Å². The van der Waals surface area contributed by atoms with Crippen molar-refractivity contribution in [1.82, 2.24) is 24.3 Å². The summed E-state index contributed by atoms with van der Waals surface area (Å²) >= 11 is 0. The molecule has 3 aliphatic rings. The van der Waals surface area contributed by atoms with Crippen LogP contribution < -0.4 is 4.90 Å². The van der Waals surface area contributed by atoms with Crippen molar-refractivity contribution in [1.29, 1.82) is 0 Å². The fourth-order valence-corrected chi connectivity index (χ4v) is 5.60. The predicted octanol–water partition coefficient (Wildman–Crippen LogP) is 2.85. The van der Waals surface area contributed by atoms with Gasteiger partial charge in [0.2, 0.25) is 0 Å². The second kappa shape index (κ2) is 8.35. The number of rotatable bonds is 4. The third-order valence-corrected chi connectivity index (χ3v) is 7.20. The Balaban J connectivity index is 1.20. The van der Waals surface area contributed by atoms with Crippen molar-refractivity contribution < 1.29 is 13.9 Å². The summed E-state index contributed by atoms with van der Waals surface area (Å²) in [7, 11) is 0. The van der Waals surface area contributed by atoms with Crippen molar-refractivity contribution in [2.75, 3.05) is 50.8 Å². The number of anilines is 1. The van der Waals surface area contributed by atoms with Crippen molar-refractivity contribution in [2.45, 2.75) is 39.2 Å². The number of pyridine rings is 1. The van der Waals surface area contributed by atoms with Gasteiger partial charge < -0.3 is 14.5 Å². The molecule has 2 aliphatic heterocycles. The molecule has 0 unspecified atom stereocenters. The second-order valence-electron chi connectivity index (χ2n) is 9.39. The summed E-state index contributed by atoms with van der Waals surface area (Å²) in [6.45, 7) is 9.42. The summed E-state index contributed by atoms with van der Waals surface area (Å²) in [4.78, 5) is 27.2. The zero-order valence-electron chi connectivity index (χ0n) is 18.8. The molecule has 1 saturated carbocycles. The number of carbonyl (C=O) groups excluding carboxylic acids is 1. The molecule has 0 bridgehead atoms. The summed E-state index contributed by atoms with van der Waals surface area (Å²) < 4.78 is 21.0. The first kappa shape index (κ1) is 21.2. The van der Waals surface area contributed by atoms with E-state index in [1.54, 1.807) is 12.4 Å². The molecule has 1 aliphatic carbocycles. The highest BCUT2D eigenvalue weighted by molar-refractivity contribution is 5.69. The third kappa shape index (κ3) is 3.94. The topological polar surface area (TPSA) is 66.7 Å². The van der Waals surface area contributed by atoms with Crippen LogP contribution in [0.5, 0.6) is 0 Å². The normalized spacial score (nSPS) is 22.9. The minimum Gasteiger partial charge on any atom is -0.450 e. The molecule has 172 valence electrons. The van der Waals surface area contributed by atoms with Crippen LogP contribution in [0.25, 0.3) is 5.82 Å². The van der Waals surface area contributed by atoms with Crippen molar-refractivity contribution in [2.24, 2.45) is 5.41 Å². The van der Waals surface area contributed by atoms with Crippen LogP contribution in [0.1, 0.15) is 31.9 Å². The molecule has 8 nitrogen and oxygen atoms in total. The van der Waals surface area contributed by atoms with Crippen molar-refractivity contribution in [3.8, 4) is 5.82 Å². The lowest BCUT2D eigenvalue weighted by Crippen LogP contribution is -2.58. The minimum absolute atomic E-state index is 0.178. The molecule has 1 atom stereocenters. The number of amides is 1. The van der Waals surface area contributed by atoms with Gasteiger partial charge in [0.25, 0.3) is 0 Å². The maximum absolute atomic E-state index is 14.1. The molecule has 9 heteroatoms. The van der Waals surface area contributed by atoms with E-state index in [-0.39, 0.29) is 17.3 Å². The monoisotopic (exact) mass is 442 g/mol. The Morgan fingerprint density at radius 3 is 2.72 bits per heavy atom. The van der Waals surface area contributed by atoms with Gasteiger partial charge in [0.15, 0.2) is 5.82 Å². The highest BCUT2D eigenvalue weighted by Crippen LogP contribution is 2.47. The van der Waals surface area contributed by atoms with Crippen LogP contribution in [0.2, 0.25) is 0 Å². The average molecular weight is 443 g/mol. The first-order chi connectivity index (χ1) is 15.5. The molecule has 0 radical (unpaired) electrons. The number of hydrogen-bond acceptors (Lipinski definition) is 6. The van der Waals surface area contributed by atoms with Gasteiger partial charge in [-0.1, -0.05) is 0 Å². The number of aryl methyl sites for hydroxylation is 1. The maximum Gasteiger partial charge on any atom is 0.409 e. The molecule has 1 amide bonds. The van der Waals surface area contributed by atoms with Crippen LogP contribution in [-0.2, 0) is 4.74 Å². The Hall–Kier alpha value is -2.68. The van der Waals surface area contributed by atoms with Crippen LogP contribution in [0.15, 0.2) is 24.8 Å². The van der Waals surface area contributed by atoms with Crippen molar-refractivity contribution >= 4 is 11.8 Å². The molecule has 4 heterocycles. The van der Waals surface area contributed by atoms with Gasteiger partial charge in [0, 0.05) is 63.0 Å². The number of nitrogens with zero attached hydrogens (tertiary/aromatic N) is 6. The molecule has 0 aromatic carbocycles. The van der Waals surface area contributed by atoms with Crippen LogP contribution >= 0.6 is 0 Å². The van der Waals surface area contributed by atoms with Crippen LogP contribution in [0.3, 0.4) is 0 Å². The summed E-state index contributed by atoms with van der Waals surface area (Å²) in [5.74, 6) is 0.394. The van der Waals surface area contributed by atoms with Gasteiger partial charge in [0.05, 0.1) is 24.2 Å². The number of hydrogen-bond donors (Lipinski definition) is 0. The SMILES string of the molecule is CCOC(=O)N1CC2(CC[C@@H](N3CCN(c4cc(F)cnc4-n4cnc(C)c4)CC3)C2)C1. The third-order valence-electron chi connectivity index (χ3n) is 7.20. The number of carbonyl (C=O) groups is 1. The molecule has 1 spiro atoms. The van der Waals surface area contributed by atoms with E-state index in [1.807, 2.05) is 29.5 Å². The van der Waals surface area contributed by atoms with E-state index >= 15 is 0 Å². The van der Waals surface area contributed by atoms with Crippen molar-refractivity contribution in [3.05, 3.63) is 36.3 Å². The van der Waals surface area contributed by atoms with Gasteiger partial charge in [-0.05, 0) is 33.1 Å².